The zero-order valence-electron chi connectivity index (χ0n) is 13.4. The average Bonchev–Trinajstić information content (AvgIpc) is 2.22. The van der Waals surface area contributed by atoms with Crippen LogP contribution in [0.1, 0.15) is 59.8 Å². The Hall–Kier alpha value is -0.153. The molecule has 0 aliphatic rings. The molecule has 1 unspecified atom stereocenters. The monoisotopic (exact) mass is 272 g/mol. The number of carbonyl (C=O) groups excluding carboxylic acids is 1. The number of rotatable bonds is 9. The van der Waals surface area contributed by atoms with Crippen LogP contribution in [-0.4, -0.2) is 20.2 Å². The van der Waals surface area contributed by atoms with E-state index in [1.165, 1.54) is 0 Å². The lowest BCUT2D eigenvalue weighted by molar-refractivity contribution is -0.136. The largest absolute Gasteiger partial charge is 0.405 e. The summed E-state index contributed by atoms with van der Waals surface area (Å²) in [4.78, 5) is 11.8. The lowest BCUT2D eigenvalue weighted by atomic mass is 9.70. The van der Waals surface area contributed by atoms with E-state index in [-0.39, 0.29) is 5.41 Å². The van der Waals surface area contributed by atoms with Crippen molar-refractivity contribution in [3.8, 4) is 0 Å². The molecule has 0 amide bonds. The second-order valence-corrected chi connectivity index (χ2v) is 11.4. The van der Waals surface area contributed by atoms with E-state index in [1.807, 2.05) is 0 Å². The number of carbonyl (C=O) groups is 1. The van der Waals surface area contributed by atoms with Gasteiger partial charge in [0.1, 0.15) is 5.60 Å². The van der Waals surface area contributed by atoms with Crippen LogP contribution in [0.2, 0.25) is 19.6 Å². The molecular formula is C15H32O2Si. The molecule has 0 saturated carbocycles. The fraction of sp³-hybridized carbons (Fsp3) is 0.933. The van der Waals surface area contributed by atoms with Crippen LogP contribution in [0, 0.1) is 5.41 Å². The normalized spacial score (nSPS) is 16.4. The highest BCUT2D eigenvalue weighted by Crippen LogP contribution is 2.42. The van der Waals surface area contributed by atoms with E-state index in [0.717, 1.165) is 38.4 Å². The predicted octanol–water partition coefficient (Wildman–Crippen LogP) is 4.79. The van der Waals surface area contributed by atoms with Gasteiger partial charge in [-0.2, -0.15) is 0 Å². The molecule has 0 radical (unpaired) electrons. The SMILES string of the molecule is CCCCC(C=O)(O[Si](C)(C)C)C(C)(C)CCC. The maximum absolute atomic E-state index is 11.8. The van der Waals surface area contributed by atoms with E-state index >= 15 is 0 Å². The van der Waals surface area contributed by atoms with Crippen LogP contribution in [0.15, 0.2) is 0 Å². The Morgan fingerprint density at radius 2 is 1.61 bits per heavy atom. The number of aldehydes is 1. The molecule has 3 heteroatoms. The quantitative estimate of drug-likeness (QED) is 0.445. The topological polar surface area (TPSA) is 26.3 Å². The van der Waals surface area contributed by atoms with Crippen LogP contribution in [0.3, 0.4) is 0 Å². The van der Waals surface area contributed by atoms with Crippen LogP contribution in [0.25, 0.3) is 0 Å². The minimum Gasteiger partial charge on any atom is -0.405 e. The molecule has 0 spiro atoms. The first-order chi connectivity index (χ1) is 8.14. The molecule has 0 aromatic rings. The summed E-state index contributed by atoms with van der Waals surface area (Å²) in [6.45, 7) is 15.2. The first kappa shape index (κ1) is 17.8. The second kappa shape index (κ2) is 6.85. The number of unbranched alkanes of at least 4 members (excludes halogenated alkanes) is 1. The third-order valence-electron chi connectivity index (χ3n) is 3.60. The second-order valence-electron chi connectivity index (χ2n) is 6.96. The van der Waals surface area contributed by atoms with Crippen LogP contribution in [-0.2, 0) is 9.22 Å². The molecule has 0 N–H and O–H groups in total. The van der Waals surface area contributed by atoms with Crippen LogP contribution in [0.4, 0.5) is 0 Å². The molecule has 1 atom stereocenters. The van der Waals surface area contributed by atoms with E-state index in [2.05, 4.69) is 47.3 Å². The summed E-state index contributed by atoms with van der Waals surface area (Å²) in [5, 5.41) is 0. The summed E-state index contributed by atoms with van der Waals surface area (Å²) < 4.78 is 6.36. The lowest BCUT2D eigenvalue weighted by Crippen LogP contribution is -2.54. The van der Waals surface area contributed by atoms with Gasteiger partial charge >= 0.3 is 0 Å². The van der Waals surface area contributed by atoms with Gasteiger partial charge in [-0.05, 0) is 37.9 Å². The molecule has 0 rings (SSSR count). The highest BCUT2D eigenvalue weighted by molar-refractivity contribution is 6.70. The van der Waals surface area contributed by atoms with Gasteiger partial charge in [0.2, 0.25) is 0 Å². The average molecular weight is 273 g/mol. The van der Waals surface area contributed by atoms with Crippen LogP contribution in [0.5, 0.6) is 0 Å². The van der Waals surface area contributed by atoms with Gasteiger partial charge in [0.15, 0.2) is 14.6 Å². The smallest absolute Gasteiger partial charge is 0.185 e. The zero-order chi connectivity index (χ0) is 14.4. The number of hydrogen-bond acceptors (Lipinski definition) is 2. The van der Waals surface area contributed by atoms with E-state index in [9.17, 15) is 4.79 Å². The van der Waals surface area contributed by atoms with Gasteiger partial charge in [0.05, 0.1) is 0 Å². The van der Waals surface area contributed by atoms with Crippen molar-refractivity contribution in [3.05, 3.63) is 0 Å². The highest BCUT2D eigenvalue weighted by atomic mass is 28.4. The Morgan fingerprint density at radius 3 is 1.94 bits per heavy atom. The Labute approximate surface area is 115 Å². The fourth-order valence-corrected chi connectivity index (χ4v) is 4.11. The molecule has 0 aliphatic heterocycles. The minimum absolute atomic E-state index is 0.0844. The molecule has 0 aromatic heterocycles. The number of hydrogen-bond donors (Lipinski definition) is 0. The van der Waals surface area contributed by atoms with Gasteiger partial charge in [-0.3, -0.25) is 0 Å². The Kier molecular flexibility index (Phi) is 6.79. The van der Waals surface area contributed by atoms with Crippen molar-refractivity contribution >= 4 is 14.6 Å². The maximum Gasteiger partial charge on any atom is 0.185 e. The van der Waals surface area contributed by atoms with Crippen LogP contribution >= 0.6 is 0 Å². The molecule has 0 aromatic carbocycles. The minimum atomic E-state index is -1.73. The van der Waals surface area contributed by atoms with Crippen molar-refractivity contribution in [2.24, 2.45) is 5.41 Å². The van der Waals surface area contributed by atoms with Gasteiger partial charge < -0.3 is 9.22 Å². The van der Waals surface area contributed by atoms with E-state index < -0.39 is 13.9 Å². The Bertz CT molecular complexity index is 256. The van der Waals surface area contributed by atoms with Crippen molar-refractivity contribution in [1.29, 1.82) is 0 Å². The third-order valence-corrected chi connectivity index (χ3v) is 4.58. The molecule has 18 heavy (non-hydrogen) atoms. The summed E-state index contributed by atoms with van der Waals surface area (Å²) in [6.07, 6.45) is 6.22. The third kappa shape index (κ3) is 4.85. The standard InChI is InChI=1S/C15H32O2Si/c1-8-10-12-15(13-16,17-18(5,6)7)14(3,4)11-9-2/h13H,8-12H2,1-7H3. The van der Waals surface area contributed by atoms with E-state index in [0.29, 0.717) is 0 Å². The first-order valence-electron chi connectivity index (χ1n) is 7.30. The van der Waals surface area contributed by atoms with Gasteiger partial charge in [0, 0.05) is 0 Å². The zero-order valence-corrected chi connectivity index (χ0v) is 14.4. The summed E-state index contributed by atoms with van der Waals surface area (Å²) in [5.41, 5.74) is -0.678. The maximum atomic E-state index is 11.8. The van der Waals surface area contributed by atoms with Gasteiger partial charge in [-0.1, -0.05) is 47.0 Å². The summed E-state index contributed by atoms with van der Waals surface area (Å²) in [5.74, 6) is 0. The van der Waals surface area contributed by atoms with E-state index in [4.69, 9.17) is 4.43 Å². The van der Waals surface area contributed by atoms with Gasteiger partial charge in [-0.15, -0.1) is 0 Å². The predicted molar refractivity (Wildman–Crippen MR) is 81.4 cm³/mol. The Morgan fingerprint density at radius 1 is 1.06 bits per heavy atom. The molecular weight excluding hydrogens is 240 g/mol. The molecule has 0 saturated heterocycles. The van der Waals surface area contributed by atoms with Gasteiger partial charge in [0.25, 0.3) is 0 Å². The molecule has 0 aliphatic carbocycles. The van der Waals surface area contributed by atoms with Gasteiger partial charge in [-0.25, -0.2) is 0 Å². The molecule has 108 valence electrons. The van der Waals surface area contributed by atoms with Crippen molar-refractivity contribution in [2.75, 3.05) is 0 Å². The van der Waals surface area contributed by atoms with Crippen molar-refractivity contribution < 1.29 is 9.22 Å². The molecule has 0 bridgehead atoms. The van der Waals surface area contributed by atoms with Crippen molar-refractivity contribution in [1.82, 2.24) is 0 Å². The summed E-state index contributed by atoms with van der Waals surface area (Å²) in [6, 6.07) is 0. The molecule has 0 fully saturated rings. The van der Waals surface area contributed by atoms with Crippen molar-refractivity contribution in [2.45, 2.75) is 85.0 Å². The Balaban J connectivity index is 5.27. The van der Waals surface area contributed by atoms with E-state index in [1.54, 1.807) is 0 Å². The molecule has 0 heterocycles. The summed E-state index contributed by atoms with van der Waals surface area (Å²) in [7, 11) is -1.73. The first-order valence-corrected chi connectivity index (χ1v) is 10.7. The van der Waals surface area contributed by atoms with Crippen LogP contribution < -0.4 is 0 Å². The summed E-state index contributed by atoms with van der Waals surface area (Å²) >= 11 is 0. The fourth-order valence-electron chi connectivity index (χ4n) is 2.59. The molecule has 2 nitrogen and oxygen atoms in total. The van der Waals surface area contributed by atoms with Crippen molar-refractivity contribution in [3.63, 3.8) is 0 Å². The highest BCUT2D eigenvalue weighted by Gasteiger charge is 2.47. The lowest BCUT2D eigenvalue weighted by Gasteiger charge is -2.46.